The van der Waals surface area contributed by atoms with Crippen LogP contribution in [0.15, 0.2) is 48.5 Å². The van der Waals surface area contributed by atoms with E-state index < -0.39 is 4.92 Å². The van der Waals surface area contributed by atoms with Crippen molar-refractivity contribution in [1.29, 1.82) is 0 Å². The summed E-state index contributed by atoms with van der Waals surface area (Å²) in [5.41, 5.74) is 2.19. The van der Waals surface area contributed by atoms with Crippen molar-refractivity contribution in [2.24, 2.45) is 0 Å². The van der Waals surface area contributed by atoms with Crippen LogP contribution in [0.4, 0.5) is 5.69 Å². The van der Waals surface area contributed by atoms with Crippen molar-refractivity contribution in [3.8, 4) is 5.75 Å². The number of nitrogens with one attached hydrogen (secondary N) is 1. The molecule has 2 rings (SSSR count). The Balaban J connectivity index is 1.63. The van der Waals surface area contributed by atoms with Crippen LogP contribution in [0, 0.1) is 10.1 Å². The molecule has 2 aromatic carbocycles. The number of non-ortho nitro benzene ring substituents is 1. The number of carbonyl (C=O) groups is 1. The molecular formula is C20H24N2O4S. The number of thioether (sulfide) groups is 1. The minimum atomic E-state index is -0.419. The second kappa shape index (κ2) is 11.2. The normalized spacial score (nSPS) is 10.4. The number of aryl methyl sites for hydroxylation is 1. The topological polar surface area (TPSA) is 81.5 Å². The molecule has 0 saturated heterocycles. The number of rotatable bonds is 11. The minimum absolute atomic E-state index is 0.00000465. The standard InChI is InChI=1S/C20H24N2O4S/c1-2-26-19-8-4-3-6-17(19)7-5-13-21-20(23)15-27-14-16-9-11-18(12-10-16)22(24)25/h3-4,6,8-12H,2,5,7,13-15H2,1H3,(H,21,23). The number of amides is 1. The van der Waals surface area contributed by atoms with Gasteiger partial charge in [-0.2, -0.15) is 0 Å². The summed E-state index contributed by atoms with van der Waals surface area (Å²) in [5, 5.41) is 13.5. The molecule has 0 aliphatic heterocycles. The van der Waals surface area contributed by atoms with E-state index in [9.17, 15) is 14.9 Å². The van der Waals surface area contributed by atoms with Gasteiger partial charge in [-0.05, 0) is 37.0 Å². The Kier molecular flexibility index (Phi) is 8.64. The Hall–Kier alpha value is -2.54. The summed E-state index contributed by atoms with van der Waals surface area (Å²) in [5.74, 6) is 1.92. The highest BCUT2D eigenvalue weighted by molar-refractivity contribution is 7.99. The molecule has 0 saturated carbocycles. The van der Waals surface area contributed by atoms with Gasteiger partial charge >= 0.3 is 0 Å². The third-order valence-corrected chi connectivity index (χ3v) is 4.87. The number of ether oxygens (including phenoxy) is 1. The van der Waals surface area contributed by atoms with Crippen LogP contribution in [-0.4, -0.2) is 29.7 Å². The largest absolute Gasteiger partial charge is 0.494 e. The molecule has 2 aromatic rings. The second-order valence-corrected chi connectivity index (χ2v) is 6.90. The first kappa shape index (κ1) is 20.8. The Morgan fingerprint density at radius 3 is 2.63 bits per heavy atom. The van der Waals surface area contributed by atoms with Crippen LogP contribution in [0.1, 0.15) is 24.5 Å². The summed E-state index contributed by atoms with van der Waals surface area (Å²) in [4.78, 5) is 22.1. The van der Waals surface area contributed by atoms with Crippen molar-refractivity contribution >= 4 is 23.4 Å². The van der Waals surface area contributed by atoms with Crippen molar-refractivity contribution in [1.82, 2.24) is 5.32 Å². The van der Waals surface area contributed by atoms with E-state index in [1.165, 1.54) is 23.9 Å². The highest BCUT2D eigenvalue weighted by Gasteiger charge is 2.06. The molecule has 1 N–H and O–H groups in total. The van der Waals surface area contributed by atoms with E-state index in [0.29, 0.717) is 24.7 Å². The molecule has 0 aromatic heterocycles. The van der Waals surface area contributed by atoms with E-state index in [2.05, 4.69) is 5.32 Å². The fourth-order valence-electron chi connectivity index (χ4n) is 2.54. The Morgan fingerprint density at radius 1 is 1.19 bits per heavy atom. The van der Waals surface area contributed by atoms with E-state index in [4.69, 9.17) is 4.74 Å². The molecular weight excluding hydrogens is 364 g/mol. The number of nitro groups is 1. The average molecular weight is 388 g/mol. The second-order valence-electron chi connectivity index (χ2n) is 5.91. The first-order valence-corrected chi connectivity index (χ1v) is 10.0. The summed E-state index contributed by atoms with van der Waals surface area (Å²) < 4.78 is 5.60. The lowest BCUT2D eigenvalue weighted by Gasteiger charge is -2.10. The monoisotopic (exact) mass is 388 g/mol. The molecule has 1 amide bonds. The maximum Gasteiger partial charge on any atom is 0.269 e. The smallest absolute Gasteiger partial charge is 0.269 e. The van der Waals surface area contributed by atoms with Crippen LogP contribution in [0.2, 0.25) is 0 Å². The third-order valence-electron chi connectivity index (χ3n) is 3.87. The predicted molar refractivity (Wildman–Crippen MR) is 108 cm³/mol. The number of benzene rings is 2. The average Bonchev–Trinajstić information content (AvgIpc) is 2.67. The van der Waals surface area contributed by atoms with Gasteiger partial charge in [0.05, 0.1) is 17.3 Å². The highest BCUT2D eigenvalue weighted by Crippen LogP contribution is 2.19. The van der Waals surface area contributed by atoms with Crippen LogP contribution in [0.3, 0.4) is 0 Å². The van der Waals surface area contributed by atoms with Gasteiger partial charge in [0.1, 0.15) is 5.75 Å². The predicted octanol–water partition coefficient (Wildman–Crippen LogP) is 3.98. The molecule has 0 radical (unpaired) electrons. The van der Waals surface area contributed by atoms with Crippen molar-refractivity contribution in [3.05, 3.63) is 69.8 Å². The van der Waals surface area contributed by atoms with Gasteiger partial charge < -0.3 is 10.1 Å². The van der Waals surface area contributed by atoms with Gasteiger partial charge in [-0.3, -0.25) is 14.9 Å². The molecule has 0 unspecified atom stereocenters. The zero-order chi connectivity index (χ0) is 19.5. The molecule has 0 fully saturated rings. The number of hydrogen-bond acceptors (Lipinski definition) is 5. The zero-order valence-electron chi connectivity index (χ0n) is 15.3. The lowest BCUT2D eigenvalue weighted by Crippen LogP contribution is -2.26. The summed E-state index contributed by atoms with van der Waals surface area (Å²) in [6.45, 7) is 3.22. The molecule has 144 valence electrons. The third kappa shape index (κ3) is 7.30. The Morgan fingerprint density at radius 2 is 1.93 bits per heavy atom. The molecule has 27 heavy (non-hydrogen) atoms. The molecule has 0 bridgehead atoms. The van der Waals surface area contributed by atoms with Crippen LogP contribution < -0.4 is 10.1 Å². The maximum absolute atomic E-state index is 11.9. The van der Waals surface area contributed by atoms with Crippen molar-refractivity contribution < 1.29 is 14.5 Å². The van der Waals surface area contributed by atoms with Gasteiger partial charge in [-0.25, -0.2) is 0 Å². The van der Waals surface area contributed by atoms with Gasteiger partial charge in [0.15, 0.2) is 0 Å². The summed E-state index contributed by atoms with van der Waals surface area (Å²) in [6.07, 6.45) is 1.70. The first-order valence-electron chi connectivity index (χ1n) is 8.88. The Bertz CT molecular complexity index is 750. The minimum Gasteiger partial charge on any atom is -0.494 e. The van der Waals surface area contributed by atoms with Crippen LogP contribution in [-0.2, 0) is 17.0 Å². The molecule has 6 nitrogen and oxygen atoms in total. The molecule has 0 aliphatic carbocycles. The van der Waals surface area contributed by atoms with Gasteiger partial charge in [0, 0.05) is 24.4 Å². The van der Waals surface area contributed by atoms with E-state index in [0.717, 1.165) is 29.7 Å². The number of nitrogens with zero attached hydrogens (tertiary/aromatic N) is 1. The molecule has 0 atom stereocenters. The van der Waals surface area contributed by atoms with E-state index in [1.807, 2.05) is 31.2 Å². The van der Waals surface area contributed by atoms with E-state index >= 15 is 0 Å². The number of carbonyl (C=O) groups excluding carboxylic acids is 1. The summed E-state index contributed by atoms with van der Waals surface area (Å²) >= 11 is 1.49. The van der Waals surface area contributed by atoms with Gasteiger partial charge in [-0.15, -0.1) is 11.8 Å². The molecule has 7 heteroatoms. The fourth-order valence-corrected chi connectivity index (χ4v) is 3.36. The fraction of sp³-hybridized carbons (Fsp3) is 0.350. The zero-order valence-corrected chi connectivity index (χ0v) is 16.2. The summed E-state index contributed by atoms with van der Waals surface area (Å²) in [7, 11) is 0. The van der Waals surface area contributed by atoms with E-state index in [1.54, 1.807) is 12.1 Å². The van der Waals surface area contributed by atoms with Crippen LogP contribution in [0.25, 0.3) is 0 Å². The molecule has 0 spiro atoms. The van der Waals surface area contributed by atoms with Crippen LogP contribution in [0.5, 0.6) is 5.75 Å². The molecule has 0 heterocycles. The van der Waals surface area contributed by atoms with Gasteiger partial charge in [-0.1, -0.05) is 30.3 Å². The quantitative estimate of drug-likeness (QED) is 0.358. The number of nitro benzene ring substituents is 1. The summed E-state index contributed by atoms with van der Waals surface area (Å²) in [6, 6.07) is 14.4. The van der Waals surface area contributed by atoms with Crippen molar-refractivity contribution in [2.45, 2.75) is 25.5 Å². The van der Waals surface area contributed by atoms with Crippen molar-refractivity contribution in [2.75, 3.05) is 18.9 Å². The number of para-hydroxylation sites is 1. The Labute approximate surface area is 163 Å². The number of hydrogen-bond donors (Lipinski definition) is 1. The molecule has 0 aliphatic rings. The van der Waals surface area contributed by atoms with Gasteiger partial charge in [0.25, 0.3) is 5.69 Å². The van der Waals surface area contributed by atoms with E-state index in [-0.39, 0.29) is 11.6 Å². The SMILES string of the molecule is CCOc1ccccc1CCCNC(=O)CSCc1ccc([N+](=O)[O-])cc1. The lowest BCUT2D eigenvalue weighted by atomic mass is 10.1. The van der Waals surface area contributed by atoms with Crippen molar-refractivity contribution in [3.63, 3.8) is 0 Å². The lowest BCUT2D eigenvalue weighted by molar-refractivity contribution is -0.384. The first-order chi connectivity index (χ1) is 13.1. The highest BCUT2D eigenvalue weighted by atomic mass is 32.2. The van der Waals surface area contributed by atoms with Crippen LogP contribution >= 0.6 is 11.8 Å². The maximum atomic E-state index is 11.9. The van der Waals surface area contributed by atoms with Gasteiger partial charge in [0.2, 0.25) is 5.91 Å².